The van der Waals surface area contributed by atoms with Crippen LogP contribution in [0.2, 0.25) is 0 Å². The highest BCUT2D eigenvalue weighted by Crippen LogP contribution is 2.33. The van der Waals surface area contributed by atoms with Gasteiger partial charge in [0.05, 0.1) is 12.3 Å². The standard InChI is InChI=1S/C18H17NO5/c1-3-22-15-6-4-12(11(2)20)8-14(15)19-18(21)13-5-7-16-17(9-13)24-10-23-16/h4-9H,3,10H2,1-2H3,(H,19,21). The fourth-order valence-corrected chi connectivity index (χ4v) is 2.36. The molecule has 0 fully saturated rings. The Morgan fingerprint density at radius 1 is 1.08 bits per heavy atom. The van der Waals surface area contributed by atoms with Gasteiger partial charge >= 0.3 is 0 Å². The van der Waals surface area contributed by atoms with Gasteiger partial charge in [-0.05, 0) is 50.2 Å². The topological polar surface area (TPSA) is 73.9 Å². The van der Waals surface area contributed by atoms with E-state index in [1.165, 1.54) is 6.92 Å². The molecule has 0 atom stereocenters. The fourth-order valence-electron chi connectivity index (χ4n) is 2.36. The van der Waals surface area contributed by atoms with Crippen molar-refractivity contribution < 1.29 is 23.8 Å². The van der Waals surface area contributed by atoms with Gasteiger partial charge in [0, 0.05) is 11.1 Å². The van der Waals surface area contributed by atoms with Crippen LogP contribution in [-0.2, 0) is 0 Å². The van der Waals surface area contributed by atoms with Gasteiger partial charge in [-0.25, -0.2) is 0 Å². The molecular weight excluding hydrogens is 310 g/mol. The maximum atomic E-state index is 12.5. The lowest BCUT2D eigenvalue weighted by molar-refractivity contribution is 0.101. The number of benzene rings is 2. The van der Waals surface area contributed by atoms with Gasteiger partial charge < -0.3 is 19.5 Å². The van der Waals surface area contributed by atoms with E-state index in [1.807, 2.05) is 6.92 Å². The van der Waals surface area contributed by atoms with Crippen molar-refractivity contribution in [1.29, 1.82) is 0 Å². The quantitative estimate of drug-likeness (QED) is 0.853. The maximum absolute atomic E-state index is 12.5. The summed E-state index contributed by atoms with van der Waals surface area (Å²) in [5.74, 6) is 1.24. The largest absolute Gasteiger partial charge is 0.492 e. The lowest BCUT2D eigenvalue weighted by Crippen LogP contribution is -2.13. The second kappa shape index (κ2) is 6.62. The summed E-state index contributed by atoms with van der Waals surface area (Å²) in [7, 11) is 0. The van der Waals surface area contributed by atoms with E-state index in [0.717, 1.165) is 0 Å². The fraction of sp³-hybridized carbons (Fsp3) is 0.222. The van der Waals surface area contributed by atoms with Crippen molar-refractivity contribution in [1.82, 2.24) is 0 Å². The molecule has 2 aromatic rings. The minimum absolute atomic E-state index is 0.0865. The number of nitrogens with one attached hydrogen (secondary N) is 1. The van der Waals surface area contributed by atoms with E-state index >= 15 is 0 Å². The number of anilines is 1. The van der Waals surface area contributed by atoms with Crippen molar-refractivity contribution in [3.8, 4) is 17.2 Å². The minimum Gasteiger partial charge on any atom is -0.492 e. The highest BCUT2D eigenvalue weighted by atomic mass is 16.7. The SMILES string of the molecule is CCOc1ccc(C(C)=O)cc1NC(=O)c1ccc2c(c1)OCO2. The number of fused-ring (bicyclic) bond motifs is 1. The highest BCUT2D eigenvalue weighted by Gasteiger charge is 2.17. The lowest BCUT2D eigenvalue weighted by atomic mass is 10.1. The Balaban J connectivity index is 1.87. The summed E-state index contributed by atoms with van der Waals surface area (Å²) in [6.45, 7) is 3.92. The first-order valence-corrected chi connectivity index (χ1v) is 7.57. The zero-order valence-electron chi connectivity index (χ0n) is 13.4. The average Bonchev–Trinajstić information content (AvgIpc) is 3.04. The van der Waals surface area contributed by atoms with Crippen molar-refractivity contribution in [3.63, 3.8) is 0 Å². The summed E-state index contributed by atoms with van der Waals surface area (Å²) < 4.78 is 16.0. The van der Waals surface area contributed by atoms with Gasteiger partial charge in [-0.2, -0.15) is 0 Å². The number of amides is 1. The number of carbonyl (C=O) groups is 2. The predicted molar refractivity (Wildman–Crippen MR) is 88.1 cm³/mol. The first-order valence-electron chi connectivity index (χ1n) is 7.57. The van der Waals surface area contributed by atoms with E-state index in [1.54, 1.807) is 36.4 Å². The summed E-state index contributed by atoms with van der Waals surface area (Å²) in [6, 6.07) is 9.91. The number of Topliss-reactive ketones (excluding diaryl/α,β-unsaturated/α-hetero) is 1. The molecule has 6 nitrogen and oxygen atoms in total. The molecule has 0 saturated carbocycles. The third-order valence-electron chi connectivity index (χ3n) is 3.57. The zero-order valence-corrected chi connectivity index (χ0v) is 13.4. The molecule has 1 amide bonds. The van der Waals surface area contributed by atoms with Crippen LogP contribution in [-0.4, -0.2) is 25.1 Å². The van der Waals surface area contributed by atoms with Crippen LogP contribution in [0.4, 0.5) is 5.69 Å². The summed E-state index contributed by atoms with van der Waals surface area (Å²) in [5.41, 5.74) is 1.38. The molecule has 1 heterocycles. The molecule has 24 heavy (non-hydrogen) atoms. The molecule has 6 heteroatoms. The van der Waals surface area contributed by atoms with Crippen molar-refractivity contribution in [3.05, 3.63) is 47.5 Å². The second-order valence-electron chi connectivity index (χ2n) is 5.22. The van der Waals surface area contributed by atoms with Crippen LogP contribution in [0, 0.1) is 0 Å². The van der Waals surface area contributed by atoms with Crippen LogP contribution in [0.3, 0.4) is 0 Å². The molecule has 1 aliphatic heterocycles. The van der Waals surface area contributed by atoms with Crippen molar-refractivity contribution in [2.45, 2.75) is 13.8 Å². The first-order chi connectivity index (χ1) is 11.6. The molecular formula is C18H17NO5. The van der Waals surface area contributed by atoms with Gasteiger partial charge in [0.25, 0.3) is 5.91 Å². The number of rotatable bonds is 5. The van der Waals surface area contributed by atoms with Crippen LogP contribution in [0.1, 0.15) is 34.6 Å². The molecule has 0 spiro atoms. The van der Waals surface area contributed by atoms with Crippen molar-refractivity contribution in [2.24, 2.45) is 0 Å². The zero-order chi connectivity index (χ0) is 17.1. The monoisotopic (exact) mass is 327 g/mol. The van der Waals surface area contributed by atoms with Crippen LogP contribution in [0.5, 0.6) is 17.2 Å². The maximum Gasteiger partial charge on any atom is 0.255 e. The van der Waals surface area contributed by atoms with Gasteiger partial charge in [-0.15, -0.1) is 0 Å². The first kappa shape index (κ1) is 15.9. The Hall–Kier alpha value is -3.02. The van der Waals surface area contributed by atoms with Gasteiger partial charge in [0.1, 0.15) is 5.75 Å². The molecule has 0 saturated heterocycles. The Morgan fingerprint density at radius 3 is 2.58 bits per heavy atom. The molecule has 3 rings (SSSR count). The highest BCUT2D eigenvalue weighted by molar-refractivity contribution is 6.06. The number of ether oxygens (including phenoxy) is 3. The third-order valence-corrected chi connectivity index (χ3v) is 3.57. The Labute approximate surface area is 139 Å². The second-order valence-corrected chi connectivity index (χ2v) is 5.22. The number of hydrogen-bond donors (Lipinski definition) is 1. The molecule has 124 valence electrons. The number of ketones is 1. The molecule has 0 bridgehead atoms. The third kappa shape index (κ3) is 3.17. The van der Waals surface area contributed by atoms with Crippen LogP contribution >= 0.6 is 0 Å². The van der Waals surface area contributed by atoms with Crippen LogP contribution in [0.25, 0.3) is 0 Å². The van der Waals surface area contributed by atoms with Crippen LogP contribution in [0.15, 0.2) is 36.4 Å². The van der Waals surface area contributed by atoms with E-state index in [4.69, 9.17) is 14.2 Å². The van der Waals surface area contributed by atoms with E-state index in [9.17, 15) is 9.59 Å². The van der Waals surface area contributed by atoms with Crippen molar-refractivity contribution >= 4 is 17.4 Å². The van der Waals surface area contributed by atoms with E-state index in [0.29, 0.717) is 40.7 Å². The summed E-state index contributed by atoms with van der Waals surface area (Å²) in [5, 5.41) is 2.79. The predicted octanol–water partition coefficient (Wildman–Crippen LogP) is 3.27. The van der Waals surface area contributed by atoms with Crippen molar-refractivity contribution in [2.75, 3.05) is 18.7 Å². The van der Waals surface area contributed by atoms with Gasteiger partial charge in [-0.1, -0.05) is 0 Å². The Morgan fingerprint density at radius 2 is 1.83 bits per heavy atom. The molecule has 1 aliphatic rings. The molecule has 0 aromatic heterocycles. The summed E-state index contributed by atoms with van der Waals surface area (Å²) in [6.07, 6.45) is 0. The summed E-state index contributed by atoms with van der Waals surface area (Å²) in [4.78, 5) is 24.1. The van der Waals surface area contributed by atoms with E-state index in [-0.39, 0.29) is 18.5 Å². The Kier molecular flexibility index (Phi) is 4.37. The Bertz CT molecular complexity index is 800. The van der Waals surface area contributed by atoms with E-state index < -0.39 is 0 Å². The van der Waals surface area contributed by atoms with Gasteiger partial charge in [-0.3, -0.25) is 9.59 Å². The molecule has 0 aliphatic carbocycles. The number of hydrogen-bond acceptors (Lipinski definition) is 5. The van der Waals surface area contributed by atoms with E-state index in [2.05, 4.69) is 5.32 Å². The molecule has 0 unspecified atom stereocenters. The van der Waals surface area contributed by atoms with Gasteiger partial charge in [0.15, 0.2) is 17.3 Å². The summed E-state index contributed by atoms with van der Waals surface area (Å²) >= 11 is 0. The molecule has 2 aromatic carbocycles. The molecule has 0 radical (unpaired) electrons. The smallest absolute Gasteiger partial charge is 0.255 e. The average molecular weight is 327 g/mol. The van der Waals surface area contributed by atoms with Gasteiger partial charge in [0.2, 0.25) is 6.79 Å². The van der Waals surface area contributed by atoms with Crippen LogP contribution < -0.4 is 19.5 Å². The number of carbonyl (C=O) groups excluding carboxylic acids is 2. The lowest BCUT2D eigenvalue weighted by Gasteiger charge is -2.13. The minimum atomic E-state index is -0.324. The molecule has 1 N–H and O–H groups in total. The normalized spacial score (nSPS) is 11.9.